The monoisotopic (exact) mass is 715 g/mol. The molecule has 0 heterocycles. The Hall–Kier alpha value is -3.76. The van der Waals surface area contributed by atoms with E-state index in [2.05, 4.69) is 5.32 Å². The van der Waals surface area contributed by atoms with Crippen molar-refractivity contribution in [3.8, 4) is 5.75 Å². The van der Waals surface area contributed by atoms with E-state index in [0.29, 0.717) is 46.0 Å². The van der Waals surface area contributed by atoms with E-state index < -0.39 is 28.5 Å². The zero-order chi connectivity index (χ0) is 34.0. The fraction of sp³-hybridized carbons (Fsp3) is 0.257. The van der Waals surface area contributed by atoms with Gasteiger partial charge in [-0.2, -0.15) is 0 Å². The number of halogens is 3. The molecule has 1 atom stereocenters. The first-order valence-electron chi connectivity index (χ1n) is 15.1. The van der Waals surface area contributed by atoms with Gasteiger partial charge in [0.1, 0.15) is 18.3 Å². The summed E-state index contributed by atoms with van der Waals surface area (Å²) in [6, 6.07) is 25.3. The summed E-state index contributed by atoms with van der Waals surface area (Å²) in [6.07, 6.45) is 0.867. The van der Waals surface area contributed by atoms with E-state index in [1.54, 1.807) is 42.5 Å². The fourth-order valence-corrected chi connectivity index (χ4v) is 6.90. The van der Waals surface area contributed by atoms with Crippen LogP contribution in [0.1, 0.15) is 31.4 Å². The molecule has 0 fully saturated rings. The van der Waals surface area contributed by atoms with Crippen molar-refractivity contribution in [1.29, 1.82) is 0 Å². The Morgan fingerprint density at radius 1 is 0.851 bits per heavy atom. The molecule has 0 spiro atoms. The minimum Gasteiger partial charge on any atom is -0.494 e. The highest BCUT2D eigenvalue weighted by Crippen LogP contribution is 2.29. The third kappa shape index (κ3) is 9.64. The van der Waals surface area contributed by atoms with E-state index in [0.717, 1.165) is 9.87 Å². The number of nitrogens with one attached hydrogen (secondary N) is 1. The summed E-state index contributed by atoms with van der Waals surface area (Å²) in [5, 5.41) is 3.99. The Morgan fingerprint density at radius 3 is 2.13 bits per heavy atom. The lowest BCUT2D eigenvalue weighted by Crippen LogP contribution is -2.53. The van der Waals surface area contributed by atoms with Gasteiger partial charge in [0, 0.05) is 34.6 Å². The largest absolute Gasteiger partial charge is 0.494 e. The van der Waals surface area contributed by atoms with Crippen molar-refractivity contribution in [2.24, 2.45) is 0 Å². The van der Waals surface area contributed by atoms with Crippen LogP contribution < -0.4 is 14.4 Å². The van der Waals surface area contributed by atoms with Gasteiger partial charge in [0.2, 0.25) is 11.8 Å². The second kappa shape index (κ2) is 16.9. The number of anilines is 1. The minimum atomic E-state index is -4.29. The van der Waals surface area contributed by atoms with E-state index >= 15 is 0 Å². The van der Waals surface area contributed by atoms with Gasteiger partial charge in [0.25, 0.3) is 10.0 Å². The highest BCUT2D eigenvalue weighted by molar-refractivity contribution is 7.92. The predicted molar refractivity (Wildman–Crippen MR) is 188 cm³/mol. The SMILES string of the molecule is CCCNC(=O)[C@H](Cc1ccccc1)N(Cc1ccc(Cl)cc1Cl)C(=O)CN(c1ccc(OCC)cc1)S(=O)(=O)c1ccc(Cl)cc1. The molecule has 0 aliphatic heterocycles. The quantitative estimate of drug-likeness (QED) is 0.138. The molecule has 0 radical (unpaired) electrons. The molecule has 1 N–H and O–H groups in total. The Bertz CT molecular complexity index is 1760. The zero-order valence-corrected chi connectivity index (χ0v) is 29.1. The van der Waals surface area contributed by atoms with Crippen molar-refractivity contribution < 1.29 is 22.7 Å². The van der Waals surface area contributed by atoms with Crippen LogP contribution in [0.2, 0.25) is 15.1 Å². The molecule has 0 aromatic heterocycles. The van der Waals surface area contributed by atoms with Gasteiger partial charge in [0.05, 0.1) is 17.2 Å². The molecule has 0 saturated heterocycles. The molecule has 2 amide bonds. The Balaban J connectivity index is 1.81. The Kier molecular flexibility index (Phi) is 13.0. The first kappa shape index (κ1) is 36.1. The van der Waals surface area contributed by atoms with Crippen molar-refractivity contribution >= 4 is 62.3 Å². The summed E-state index contributed by atoms with van der Waals surface area (Å²) in [5.41, 5.74) is 1.59. The van der Waals surface area contributed by atoms with E-state index in [9.17, 15) is 18.0 Å². The molecule has 12 heteroatoms. The summed E-state index contributed by atoms with van der Waals surface area (Å²) in [6.45, 7) is 3.90. The number of carbonyl (C=O) groups excluding carboxylic acids is 2. The van der Waals surface area contributed by atoms with E-state index in [4.69, 9.17) is 39.5 Å². The molecular weight excluding hydrogens is 681 g/mol. The molecule has 47 heavy (non-hydrogen) atoms. The molecule has 0 saturated carbocycles. The number of ether oxygens (including phenoxy) is 1. The molecule has 4 aromatic rings. The van der Waals surface area contributed by atoms with Gasteiger partial charge in [-0.1, -0.05) is 78.1 Å². The third-order valence-corrected chi connectivity index (χ3v) is 9.92. The topological polar surface area (TPSA) is 96.0 Å². The molecule has 4 aromatic carbocycles. The van der Waals surface area contributed by atoms with Crippen molar-refractivity contribution in [3.63, 3.8) is 0 Å². The van der Waals surface area contributed by atoms with Gasteiger partial charge in [-0.15, -0.1) is 0 Å². The van der Waals surface area contributed by atoms with Gasteiger partial charge >= 0.3 is 0 Å². The van der Waals surface area contributed by atoms with Crippen LogP contribution in [0.5, 0.6) is 5.75 Å². The average Bonchev–Trinajstić information content (AvgIpc) is 3.06. The van der Waals surface area contributed by atoms with Crippen LogP contribution >= 0.6 is 34.8 Å². The van der Waals surface area contributed by atoms with Crippen LogP contribution in [-0.2, 0) is 32.6 Å². The number of hydrogen-bond donors (Lipinski definition) is 1. The molecule has 248 valence electrons. The summed E-state index contributed by atoms with van der Waals surface area (Å²) in [5.74, 6) is -0.446. The van der Waals surface area contributed by atoms with Crippen LogP contribution in [-0.4, -0.2) is 50.9 Å². The first-order valence-corrected chi connectivity index (χ1v) is 17.7. The van der Waals surface area contributed by atoms with Crippen LogP contribution in [0, 0.1) is 0 Å². The van der Waals surface area contributed by atoms with Gasteiger partial charge in [-0.05, 0) is 85.1 Å². The van der Waals surface area contributed by atoms with Crippen LogP contribution in [0.4, 0.5) is 5.69 Å². The normalized spacial score (nSPS) is 11.9. The van der Waals surface area contributed by atoms with Crippen molar-refractivity contribution in [3.05, 3.63) is 123 Å². The van der Waals surface area contributed by atoms with Crippen LogP contribution in [0.15, 0.2) is 102 Å². The highest BCUT2D eigenvalue weighted by atomic mass is 35.5. The summed E-state index contributed by atoms with van der Waals surface area (Å²) in [4.78, 5) is 29.6. The van der Waals surface area contributed by atoms with E-state index in [1.165, 1.54) is 29.2 Å². The molecular formula is C35H36Cl3N3O5S. The van der Waals surface area contributed by atoms with Crippen LogP contribution in [0.25, 0.3) is 0 Å². The van der Waals surface area contributed by atoms with Gasteiger partial charge in [-0.3, -0.25) is 13.9 Å². The number of hydrogen-bond acceptors (Lipinski definition) is 5. The number of nitrogens with zero attached hydrogens (tertiary/aromatic N) is 2. The van der Waals surface area contributed by atoms with Gasteiger partial charge in [-0.25, -0.2) is 8.42 Å². The van der Waals surface area contributed by atoms with Gasteiger partial charge in [0.15, 0.2) is 0 Å². The van der Waals surface area contributed by atoms with Gasteiger partial charge < -0.3 is 15.0 Å². The molecule has 0 aliphatic rings. The van der Waals surface area contributed by atoms with E-state index in [-0.39, 0.29) is 29.5 Å². The number of rotatable bonds is 15. The third-order valence-electron chi connectivity index (χ3n) is 7.29. The maximum atomic E-state index is 14.5. The van der Waals surface area contributed by atoms with E-state index in [1.807, 2.05) is 44.2 Å². The number of sulfonamides is 1. The van der Waals surface area contributed by atoms with Crippen molar-refractivity contribution in [1.82, 2.24) is 10.2 Å². The average molecular weight is 717 g/mol. The molecule has 4 rings (SSSR count). The summed E-state index contributed by atoms with van der Waals surface area (Å²) < 4.78 is 34.9. The molecule has 0 aliphatic carbocycles. The van der Waals surface area contributed by atoms with Crippen molar-refractivity contribution in [2.45, 2.75) is 44.2 Å². The number of amides is 2. The molecule has 0 bridgehead atoms. The second-order valence-electron chi connectivity index (χ2n) is 10.6. The van der Waals surface area contributed by atoms with Crippen molar-refractivity contribution in [2.75, 3.05) is 24.0 Å². The van der Waals surface area contributed by atoms with Crippen LogP contribution in [0.3, 0.4) is 0 Å². The lowest BCUT2D eigenvalue weighted by molar-refractivity contribution is -0.140. The fourth-order valence-electron chi connectivity index (χ4n) is 4.89. The summed E-state index contributed by atoms with van der Waals surface area (Å²) >= 11 is 18.8. The highest BCUT2D eigenvalue weighted by Gasteiger charge is 2.35. The number of carbonyl (C=O) groups is 2. The molecule has 8 nitrogen and oxygen atoms in total. The predicted octanol–water partition coefficient (Wildman–Crippen LogP) is 7.41. The maximum Gasteiger partial charge on any atom is 0.264 e. The first-order chi connectivity index (χ1) is 22.5. The summed E-state index contributed by atoms with van der Waals surface area (Å²) in [7, 11) is -4.29. The standard InChI is InChI=1S/C35H36Cl3N3O5S/c1-3-20-39-35(43)33(21-25-8-6-5-7-9-25)40(23-26-10-11-28(37)22-32(26)38)34(42)24-41(29-14-16-30(17-15-29)46-4-2)47(44,45)31-18-12-27(36)13-19-31/h5-19,22,33H,3-4,20-21,23-24H2,1-2H3,(H,39,43)/t33-/m0/s1. The second-order valence-corrected chi connectivity index (χ2v) is 13.8. The Morgan fingerprint density at radius 2 is 1.51 bits per heavy atom. The smallest absolute Gasteiger partial charge is 0.264 e. The minimum absolute atomic E-state index is 0.0580. The zero-order valence-electron chi connectivity index (χ0n) is 26.0. The molecule has 0 unspecified atom stereocenters. The maximum absolute atomic E-state index is 14.5. The lowest BCUT2D eigenvalue weighted by Gasteiger charge is -2.34. The Labute approximate surface area is 291 Å². The number of benzene rings is 4. The lowest BCUT2D eigenvalue weighted by atomic mass is 10.0.